The van der Waals surface area contributed by atoms with E-state index in [9.17, 15) is 18.0 Å². The molecule has 5 nitrogen and oxygen atoms in total. The topological polar surface area (TPSA) is 77.2 Å². The van der Waals surface area contributed by atoms with Crippen LogP contribution in [0.15, 0.2) is 42.6 Å². The van der Waals surface area contributed by atoms with Crippen molar-refractivity contribution >= 4 is 30.7 Å². The highest BCUT2D eigenvalue weighted by atomic mass is 35.5. The molecule has 0 aliphatic rings. The first-order valence-electron chi connectivity index (χ1n) is 7.49. The summed E-state index contributed by atoms with van der Waals surface area (Å²) < 4.78 is 41.5. The van der Waals surface area contributed by atoms with Gasteiger partial charge < -0.3 is 15.8 Å². The number of aryl methyl sites for hydroxylation is 1. The molecule has 0 saturated carbocycles. The van der Waals surface area contributed by atoms with Crippen LogP contribution in [0.4, 0.5) is 13.2 Å². The predicted octanol–water partition coefficient (Wildman–Crippen LogP) is 3.49. The van der Waals surface area contributed by atoms with Gasteiger partial charge in [0.25, 0.3) is 0 Å². The number of benzene rings is 1. The van der Waals surface area contributed by atoms with Gasteiger partial charge in [-0.3, -0.25) is 4.79 Å². The van der Waals surface area contributed by atoms with Gasteiger partial charge in [-0.1, -0.05) is 35.9 Å². The van der Waals surface area contributed by atoms with Crippen molar-refractivity contribution < 1.29 is 22.7 Å². The second-order valence-corrected chi connectivity index (χ2v) is 5.48. The lowest BCUT2D eigenvalue weighted by Gasteiger charge is -2.15. The smallest absolute Gasteiger partial charge is 0.422 e. The molecular weight excluding hydrogens is 406 g/mol. The van der Waals surface area contributed by atoms with Gasteiger partial charge in [0.05, 0.1) is 0 Å². The Kier molecular flexibility index (Phi) is 10.1. The van der Waals surface area contributed by atoms with Crippen LogP contribution < -0.4 is 15.8 Å². The average Bonchev–Trinajstić information content (AvgIpc) is 2.58. The molecule has 1 aromatic heterocycles. The van der Waals surface area contributed by atoms with Crippen LogP contribution in [-0.2, 0) is 11.3 Å². The minimum absolute atomic E-state index is 0. The summed E-state index contributed by atoms with van der Waals surface area (Å²) in [6, 6.07) is 9.37. The Morgan fingerprint density at radius 3 is 2.44 bits per heavy atom. The molecule has 0 spiro atoms. The van der Waals surface area contributed by atoms with E-state index in [1.54, 1.807) is 18.2 Å². The van der Waals surface area contributed by atoms with Crippen molar-refractivity contribution in [2.75, 3.05) is 6.61 Å². The lowest BCUT2D eigenvalue weighted by Crippen LogP contribution is -2.33. The Labute approximate surface area is 167 Å². The second-order valence-electron chi connectivity index (χ2n) is 5.48. The SMILES string of the molecule is Cc1ccc(C(N)C(=O)NCc2cccnc2OCC(F)(F)F)cc1.Cl.Cl. The number of halogens is 5. The molecule has 3 N–H and O–H groups in total. The number of nitrogens with two attached hydrogens (primary N) is 1. The highest BCUT2D eigenvalue weighted by Crippen LogP contribution is 2.20. The zero-order valence-corrected chi connectivity index (χ0v) is 16.0. The largest absolute Gasteiger partial charge is 0.468 e. The Balaban J connectivity index is 0.00000338. The third kappa shape index (κ3) is 8.03. The average molecular weight is 426 g/mol. The van der Waals surface area contributed by atoms with Crippen LogP contribution in [0.1, 0.15) is 22.7 Å². The minimum atomic E-state index is -4.47. The Hall–Kier alpha value is -2.03. The van der Waals surface area contributed by atoms with E-state index in [4.69, 9.17) is 5.73 Å². The number of carbonyl (C=O) groups is 1. The molecule has 150 valence electrons. The zero-order valence-electron chi connectivity index (χ0n) is 14.3. The van der Waals surface area contributed by atoms with Crippen LogP contribution >= 0.6 is 24.8 Å². The number of hydrogen-bond acceptors (Lipinski definition) is 4. The number of carbonyl (C=O) groups excluding carboxylic acids is 1. The lowest BCUT2D eigenvalue weighted by atomic mass is 10.1. The van der Waals surface area contributed by atoms with E-state index < -0.39 is 24.7 Å². The highest BCUT2D eigenvalue weighted by molar-refractivity contribution is 5.85. The van der Waals surface area contributed by atoms with Gasteiger partial charge in [0.1, 0.15) is 6.04 Å². The van der Waals surface area contributed by atoms with Crippen LogP contribution in [0.2, 0.25) is 0 Å². The van der Waals surface area contributed by atoms with Crippen LogP contribution in [0, 0.1) is 6.92 Å². The first-order chi connectivity index (χ1) is 11.8. The van der Waals surface area contributed by atoms with E-state index >= 15 is 0 Å². The van der Waals surface area contributed by atoms with Crippen LogP contribution in [0.5, 0.6) is 5.88 Å². The number of pyridine rings is 1. The number of rotatable bonds is 6. The van der Waals surface area contributed by atoms with Crippen molar-refractivity contribution in [2.45, 2.75) is 25.7 Å². The number of alkyl halides is 3. The summed E-state index contributed by atoms with van der Waals surface area (Å²) in [5.41, 5.74) is 7.91. The molecule has 0 aliphatic carbocycles. The van der Waals surface area contributed by atoms with E-state index in [2.05, 4.69) is 15.0 Å². The summed E-state index contributed by atoms with van der Waals surface area (Å²) in [7, 11) is 0. The maximum absolute atomic E-state index is 12.3. The van der Waals surface area contributed by atoms with E-state index in [1.807, 2.05) is 19.1 Å². The maximum atomic E-state index is 12.3. The predicted molar refractivity (Wildman–Crippen MR) is 100 cm³/mol. The molecule has 1 atom stereocenters. The quantitative estimate of drug-likeness (QED) is 0.742. The summed E-state index contributed by atoms with van der Waals surface area (Å²) >= 11 is 0. The van der Waals surface area contributed by atoms with Gasteiger partial charge in [0, 0.05) is 18.3 Å². The van der Waals surface area contributed by atoms with E-state index in [0.717, 1.165) is 5.56 Å². The molecule has 0 fully saturated rings. The fourth-order valence-corrected chi connectivity index (χ4v) is 2.06. The Morgan fingerprint density at radius 1 is 1.22 bits per heavy atom. The summed E-state index contributed by atoms with van der Waals surface area (Å²) in [6.45, 7) is 0.424. The van der Waals surface area contributed by atoms with Gasteiger partial charge in [-0.05, 0) is 18.6 Å². The number of hydrogen-bond donors (Lipinski definition) is 2. The summed E-state index contributed by atoms with van der Waals surface area (Å²) in [5.74, 6) is -0.626. The van der Waals surface area contributed by atoms with Crippen molar-refractivity contribution in [3.05, 3.63) is 59.3 Å². The highest BCUT2D eigenvalue weighted by Gasteiger charge is 2.29. The number of ether oxygens (including phenoxy) is 1. The number of amides is 1. The third-order valence-electron chi connectivity index (χ3n) is 3.39. The van der Waals surface area contributed by atoms with Gasteiger partial charge in [0.15, 0.2) is 6.61 Å². The van der Waals surface area contributed by atoms with Crippen molar-refractivity contribution in [3.8, 4) is 5.88 Å². The fourth-order valence-electron chi connectivity index (χ4n) is 2.06. The van der Waals surface area contributed by atoms with Gasteiger partial charge in [-0.2, -0.15) is 13.2 Å². The summed E-state index contributed by atoms with van der Waals surface area (Å²) in [6.07, 6.45) is -3.15. The van der Waals surface area contributed by atoms with Gasteiger partial charge in [0.2, 0.25) is 11.8 Å². The number of nitrogens with one attached hydrogen (secondary N) is 1. The van der Waals surface area contributed by atoms with Crippen molar-refractivity contribution in [1.82, 2.24) is 10.3 Å². The molecule has 27 heavy (non-hydrogen) atoms. The van der Waals surface area contributed by atoms with Gasteiger partial charge >= 0.3 is 6.18 Å². The molecule has 0 saturated heterocycles. The standard InChI is InChI=1S/C17H18F3N3O2.2ClH/c1-11-4-6-12(7-5-11)14(21)15(24)23-9-13-3-2-8-22-16(13)25-10-17(18,19)20;;/h2-8,14H,9-10,21H2,1H3,(H,23,24);2*1H. The van der Waals surface area contributed by atoms with Gasteiger partial charge in [-0.25, -0.2) is 4.98 Å². The molecule has 0 bridgehead atoms. The third-order valence-corrected chi connectivity index (χ3v) is 3.39. The van der Waals surface area contributed by atoms with Gasteiger partial charge in [-0.15, -0.1) is 24.8 Å². The summed E-state index contributed by atoms with van der Waals surface area (Å²) in [4.78, 5) is 15.9. The maximum Gasteiger partial charge on any atom is 0.422 e. The molecule has 0 aliphatic heterocycles. The molecule has 1 unspecified atom stereocenters. The van der Waals surface area contributed by atoms with Crippen LogP contribution in [-0.4, -0.2) is 23.7 Å². The minimum Gasteiger partial charge on any atom is -0.468 e. The molecular formula is C17H20Cl2F3N3O2. The molecule has 2 aromatic rings. The van der Waals surface area contributed by atoms with E-state index in [0.29, 0.717) is 11.1 Å². The molecule has 10 heteroatoms. The summed E-state index contributed by atoms with van der Waals surface area (Å²) in [5, 5.41) is 2.58. The Morgan fingerprint density at radius 2 is 1.85 bits per heavy atom. The van der Waals surface area contributed by atoms with E-state index in [-0.39, 0.29) is 37.2 Å². The van der Waals surface area contributed by atoms with E-state index in [1.165, 1.54) is 12.3 Å². The second kappa shape index (κ2) is 11.0. The first-order valence-corrected chi connectivity index (χ1v) is 7.49. The van der Waals surface area contributed by atoms with Crippen molar-refractivity contribution in [2.24, 2.45) is 5.73 Å². The molecule has 1 amide bonds. The number of nitrogens with zero attached hydrogens (tertiary/aromatic N) is 1. The molecule has 1 heterocycles. The van der Waals surface area contributed by atoms with Crippen molar-refractivity contribution in [3.63, 3.8) is 0 Å². The fraction of sp³-hybridized carbons (Fsp3) is 0.294. The molecule has 2 rings (SSSR count). The lowest BCUT2D eigenvalue weighted by molar-refractivity contribution is -0.154. The van der Waals surface area contributed by atoms with Crippen LogP contribution in [0.3, 0.4) is 0 Å². The van der Waals surface area contributed by atoms with Crippen molar-refractivity contribution in [1.29, 1.82) is 0 Å². The Bertz CT molecular complexity index is 728. The monoisotopic (exact) mass is 425 g/mol. The molecule has 1 aromatic carbocycles. The zero-order chi connectivity index (χ0) is 18.4. The molecule has 0 radical (unpaired) electrons. The number of aromatic nitrogens is 1. The normalized spacial score (nSPS) is 11.6. The first kappa shape index (κ1) is 25.0. The van der Waals surface area contributed by atoms with Crippen LogP contribution in [0.25, 0.3) is 0 Å².